The fourth-order valence-electron chi connectivity index (χ4n) is 4.43. The summed E-state index contributed by atoms with van der Waals surface area (Å²) < 4.78 is 0. The Labute approximate surface area is 193 Å². The maximum absolute atomic E-state index is 13.1. The first kappa shape index (κ1) is 22.3. The molecule has 0 bridgehead atoms. The normalized spacial score (nSPS) is 19.3. The minimum atomic E-state index is -0.330. The quantitative estimate of drug-likeness (QED) is 0.754. The van der Waals surface area contributed by atoms with Crippen LogP contribution < -0.4 is 10.2 Å². The van der Waals surface area contributed by atoms with Gasteiger partial charge in [0.25, 0.3) is 0 Å². The van der Waals surface area contributed by atoms with E-state index in [1.807, 2.05) is 49.1 Å². The average Bonchev–Trinajstić information content (AvgIpc) is 3.18. The van der Waals surface area contributed by atoms with E-state index in [0.29, 0.717) is 37.5 Å². The lowest BCUT2D eigenvalue weighted by atomic mass is 9.94. The van der Waals surface area contributed by atoms with Crippen molar-refractivity contribution in [3.8, 4) is 0 Å². The lowest BCUT2D eigenvalue weighted by molar-refractivity contribution is -0.138. The van der Waals surface area contributed by atoms with E-state index < -0.39 is 0 Å². The van der Waals surface area contributed by atoms with Crippen molar-refractivity contribution < 1.29 is 14.4 Å². The van der Waals surface area contributed by atoms with E-state index in [0.717, 1.165) is 22.5 Å². The van der Waals surface area contributed by atoms with E-state index in [-0.39, 0.29) is 36.0 Å². The summed E-state index contributed by atoms with van der Waals surface area (Å²) in [6.45, 7) is 5.40. The lowest BCUT2D eigenvalue weighted by Crippen LogP contribution is -2.44. The summed E-state index contributed by atoms with van der Waals surface area (Å²) in [5, 5.41) is 3.56. The standard InChI is InChI=1S/C25H28ClN3O3/c1-16-3-7-21(8-4-16)29-15-19(13-23(29)30)25(32)28-11-9-18(10-12-28)24(31)27-22-14-20(26)6-5-17(22)2/h3-8,14,18-19H,9-13,15H2,1-2H3,(H,27,31)/t19-/m1/s1. The Balaban J connectivity index is 1.31. The number of carbonyl (C=O) groups excluding carboxylic acids is 3. The van der Waals surface area contributed by atoms with Gasteiger partial charge in [-0.25, -0.2) is 0 Å². The highest BCUT2D eigenvalue weighted by atomic mass is 35.5. The number of halogens is 1. The number of nitrogens with one attached hydrogen (secondary N) is 1. The molecule has 6 nitrogen and oxygen atoms in total. The Morgan fingerprint density at radius 1 is 1.00 bits per heavy atom. The highest BCUT2D eigenvalue weighted by Crippen LogP contribution is 2.29. The highest BCUT2D eigenvalue weighted by Gasteiger charge is 2.38. The molecule has 2 saturated heterocycles. The van der Waals surface area contributed by atoms with Crippen molar-refractivity contribution in [1.82, 2.24) is 4.90 Å². The van der Waals surface area contributed by atoms with Gasteiger partial charge in [-0.3, -0.25) is 14.4 Å². The maximum Gasteiger partial charge on any atom is 0.228 e. The van der Waals surface area contributed by atoms with Gasteiger partial charge in [0.1, 0.15) is 0 Å². The molecule has 4 rings (SSSR count). The molecule has 2 fully saturated rings. The van der Waals surface area contributed by atoms with Crippen LogP contribution in [0.15, 0.2) is 42.5 Å². The van der Waals surface area contributed by atoms with Crippen LogP contribution in [0, 0.1) is 25.7 Å². The minimum absolute atomic E-state index is 0.0116. The summed E-state index contributed by atoms with van der Waals surface area (Å²) in [4.78, 5) is 41.8. The summed E-state index contributed by atoms with van der Waals surface area (Å²) in [5.41, 5.74) is 3.65. The van der Waals surface area contributed by atoms with Gasteiger partial charge in [0.2, 0.25) is 17.7 Å². The number of piperidine rings is 1. The first-order valence-electron chi connectivity index (χ1n) is 11.0. The second-order valence-corrected chi connectivity index (χ2v) is 9.23. The number of hydrogen-bond donors (Lipinski definition) is 1. The first-order valence-corrected chi connectivity index (χ1v) is 11.4. The van der Waals surface area contributed by atoms with Gasteiger partial charge in [-0.05, 0) is 56.5 Å². The van der Waals surface area contributed by atoms with E-state index in [4.69, 9.17) is 11.6 Å². The van der Waals surface area contributed by atoms with Crippen LogP contribution in [0.5, 0.6) is 0 Å². The third-order valence-corrected chi connectivity index (χ3v) is 6.69. The predicted molar refractivity (Wildman–Crippen MR) is 126 cm³/mol. The van der Waals surface area contributed by atoms with Crippen molar-refractivity contribution in [2.75, 3.05) is 29.9 Å². The smallest absolute Gasteiger partial charge is 0.228 e. The molecule has 168 valence electrons. The van der Waals surface area contributed by atoms with Crippen LogP contribution in [-0.4, -0.2) is 42.3 Å². The molecule has 1 atom stereocenters. The molecule has 1 N–H and O–H groups in total. The number of benzene rings is 2. The number of amides is 3. The monoisotopic (exact) mass is 453 g/mol. The summed E-state index contributed by atoms with van der Waals surface area (Å²) in [5.74, 6) is -0.519. The Bertz CT molecular complexity index is 1030. The van der Waals surface area contributed by atoms with Crippen molar-refractivity contribution in [3.63, 3.8) is 0 Å². The number of likely N-dealkylation sites (tertiary alicyclic amines) is 1. The summed E-state index contributed by atoms with van der Waals surface area (Å²) in [6, 6.07) is 13.2. The molecule has 2 aliphatic heterocycles. The third-order valence-electron chi connectivity index (χ3n) is 6.45. The van der Waals surface area contributed by atoms with Crippen LogP contribution >= 0.6 is 11.6 Å². The second-order valence-electron chi connectivity index (χ2n) is 8.79. The molecule has 0 radical (unpaired) electrons. The Morgan fingerprint density at radius 3 is 2.38 bits per heavy atom. The molecule has 0 aliphatic carbocycles. The summed E-state index contributed by atoms with van der Waals surface area (Å²) in [6.07, 6.45) is 1.46. The third kappa shape index (κ3) is 4.80. The van der Waals surface area contributed by atoms with E-state index in [9.17, 15) is 14.4 Å². The van der Waals surface area contributed by atoms with Crippen molar-refractivity contribution in [2.45, 2.75) is 33.1 Å². The Kier molecular flexibility index (Phi) is 6.51. The van der Waals surface area contributed by atoms with Crippen molar-refractivity contribution >= 4 is 40.7 Å². The zero-order valence-electron chi connectivity index (χ0n) is 18.4. The number of hydrogen-bond acceptors (Lipinski definition) is 3. The molecule has 2 aromatic rings. The maximum atomic E-state index is 13.1. The molecule has 0 saturated carbocycles. The van der Waals surface area contributed by atoms with E-state index in [1.54, 1.807) is 17.0 Å². The van der Waals surface area contributed by atoms with Gasteiger partial charge in [0.05, 0.1) is 5.92 Å². The first-order chi connectivity index (χ1) is 15.3. The van der Waals surface area contributed by atoms with Gasteiger partial charge in [0, 0.05) is 48.4 Å². The minimum Gasteiger partial charge on any atom is -0.342 e. The van der Waals surface area contributed by atoms with Gasteiger partial charge < -0.3 is 15.1 Å². The predicted octanol–water partition coefficient (Wildman–Crippen LogP) is 4.19. The van der Waals surface area contributed by atoms with Crippen LogP contribution in [-0.2, 0) is 14.4 Å². The molecule has 2 heterocycles. The fraction of sp³-hybridized carbons (Fsp3) is 0.400. The highest BCUT2D eigenvalue weighted by molar-refractivity contribution is 6.31. The molecular weight excluding hydrogens is 426 g/mol. The van der Waals surface area contributed by atoms with Crippen LogP contribution in [0.4, 0.5) is 11.4 Å². The number of nitrogens with zero attached hydrogens (tertiary/aromatic N) is 2. The number of aryl methyl sites for hydroxylation is 2. The molecule has 32 heavy (non-hydrogen) atoms. The van der Waals surface area contributed by atoms with E-state index >= 15 is 0 Å². The van der Waals surface area contributed by atoms with Crippen LogP contribution in [0.25, 0.3) is 0 Å². The average molecular weight is 454 g/mol. The molecule has 3 amide bonds. The van der Waals surface area contributed by atoms with Gasteiger partial charge in [0.15, 0.2) is 0 Å². The number of rotatable bonds is 4. The molecule has 0 aromatic heterocycles. The summed E-state index contributed by atoms with van der Waals surface area (Å²) in [7, 11) is 0. The molecule has 0 spiro atoms. The van der Waals surface area contributed by atoms with Crippen LogP contribution in [0.2, 0.25) is 5.02 Å². The van der Waals surface area contributed by atoms with Gasteiger partial charge in [-0.1, -0.05) is 35.4 Å². The molecule has 7 heteroatoms. The van der Waals surface area contributed by atoms with E-state index in [1.165, 1.54) is 0 Å². The van der Waals surface area contributed by atoms with E-state index in [2.05, 4.69) is 5.32 Å². The largest absolute Gasteiger partial charge is 0.342 e. The zero-order chi connectivity index (χ0) is 22.8. The van der Waals surface area contributed by atoms with Crippen molar-refractivity contribution in [3.05, 3.63) is 58.6 Å². The lowest BCUT2D eigenvalue weighted by Gasteiger charge is -2.33. The van der Waals surface area contributed by atoms with Gasteiger partial charge >= 0.3 is 0 Å². The van der Waals surface area contributed by atoms with Crippen LogP contribution in [0.3, 0.4) is 0 Å². The fourth-order valence-corrected chi connectivity index (χ4v) is 4.60. The molecule has 2 aromatic carbocycles. The molecule has 0 unspecified atom stereocenters. The van der Waals surface area contributed by atoms with Crippen molar-refractivity contribution in [2.24, 2.45) is 11.8 Å². The zero-order valence-corrected chi connectivity index (χ0v) is 19.2. The summed E-state index contributed by atoms with van der Waals surface area (Å²) >= 11 is 6.05. The molecular formula is C25H28ClN3O3. The van der Waals surface area contributed by atoms with Crippen molar-refractivity contribution in [1.29, 1.82) is 0 Å². The molecule has 2 aliphatic rings. The van der Waals surface area contributed by atoms with Crippen LogP contribution in [0.1, 0.15) is 30.4 Å². The topological polar surface area (TPSA) is 69.7 Å². The van der Waals surface area contributed by atoms with Gasteiger partial charge in [-0.15, -0.1) is 0 Å². The number of carbonyl (C=O) groups is 3. The SMILES string of the molecule is Cc1ccc(N2C[C@H](C(=O)N3CCC(C(=O)Nc4cc(Cl)ccc4C)CC3)CC2=O)cc1. The van der Waals surface area contributed by atoms with Gasteiger partial charge in [-0.2, -0.15) is 0 Å². The number of anilines is 2. The Morgan fingerprint density at radius 2 is 1.69 bits per heavy atom. The Hall–Kier alpha value is -2.86. The second kappa shape index (κ2) is 9.33.